The van der Waals surface area contributed by atoms with Crippen LogP contribution in [0.3, 0.4) is 0 Å². The molecule has 0 aromatic heterocycles. The van der Waals surface area contributed by atoms with E-state index in [0.29, 0.717) is 0 Å². The largest absolute Gasteiger partial charge is 0.497 e. The molecular formula is C14H18N2O2. The van der Waals surface area contributed by atoms with Crippen molar-refractivity contribution < 1.29 is 9.53 Å². The lowest BCUT2D eigenvalue weighted by Gasteiger charge is -2.21. The molecule has 0 radical (unpaired) electrons. The van der Waals surface area contributed by atoms with Gasteiger partial charge in [-0.15, -0.1) is 0 Å². The lowest BCUT2D eigenvalue weighted by molar-refractivity contribution is -0.121. The number of hydrogen-bond acceptors (Lipinski definition) is 3. The highest BCUT2D eigenvalue weighted by molar-refractivity contribution is 5.97. The van der Waals surface area contributed by atoms with Crippen molar-refractivity contribution in [2.45, 2.75) is 12.8 Å². The van der Waals surface area contributed by atoms with Crippen LogP contribution in [0.2, 0.25) is 0 Å². The molecule has 1 unspecified atom stereocenters. The Morgan fingerprint density at radius 3 is 3.11 bits per heavy atom. The molecule has 1 aromatic carbocycles. The molecule has 0 spiro atoms. The SMILES string of the molecule is COc1ccc2c(c1)CCN2C(=O)C1CCNC1. The topological polar surface area (TPSA) is 41.6 Å². The van der Waals surface area contributed by atoms with Gasteiger partial charge in [0.1, 0.15) is 5.75 Å². The maximum atomic E-state index is 12.4. The molecule has 1 N–H and O–H groups in total. The Morgan fingerprint density at radius 2 is 2.39 bits per heavy atom. The first-order valence-corrected chi connectivity index (χ1v) is 6.48. The second kappa shape index (κ2) is 4.61. The van der Waals surface area contributed by atoms with Crippen LogP contribution in [-0.4, -0.2) is 32.7 Å². The number of nitrogens with zero attached hydrogens (tertiary/aromatic N) is 1. The van der Waals surface area contributed by atoms with Gasteiger partial charge in [-0.1, -0.05) is 0 Å². The highest BCUT2D eigenvalue weighted by Gasteiger charge is 2.31. The van der Waals surface area contributed by atoms with Crippen molar-refractivity contribution in [2.24, 2.45) is 5.92 Å². The lowest BCUT2D eigenvalue weighted by atomic mass is 10.1. The third kappa shape index (κ3) is 1.86. The highest BCUT2D eigenvalue weighted by Crippen LogP contribution is 2.32. The summed E-state index contributed by atoms with van der Waals surface area (Å²) < 4.78 is 5.22. The summed E-state index contributed by atoms with van der Waals surface area (Å²) in [7, 11) is 1.67. The average molecular weight is 246 g/mol. The first-order valence-electron chi connectivity index (χ1n) is 6.48. The van der Waals surface area contributed by atoms with E-state index in [4.69, 9.17) is 4.74 Å². The highest BCUT2D eigenvalue weighted by atomic mass is 16.5. The monoisotopic (exact) mass is 246 g/mol. The number of fused-ring (bicyclic) bond motifs is 1. The Labute approximate surface area is 107 Å². The zero-order valence-electron chi connectivity index (χ0n) is 10.6. The number of carbonyl (C=O) groups is 1. The molecule has 1 fully saturated rings. The van der Waals surface area contributed by atoms with Gasteiger partial charge in [0.2, 0.25) is 5.91 Å². The maximum absolute atomic E-state index is 12.4. The molecule has 4 nitrogen and oxygen atoms in total. The Hall–Kier alpha value is -1.55. The van der Waals surface area contributed by atoms with Crippen LogP contribution in [0.1, 0.15) is 12.0 Å². The minimum Gasteiger partial charge on any atom is -0.497 e. The molecule has 96 valence electrons. The first-order chi connectivity index (χ1) is 8.79. The van der Waals surface area contributed by atoms with Crippen molar-refractivity contribution in [3.05, 3.63) is 23.8 Å². The van der Waals surface area contributed by atoms with Gasteiger partial charge in [0.05, 0.1) is 13.0 Å². The lowest BCUT2D eigenvalue weighted by Crippen LogP contribution is -2.35. The summed E-state index contributed by atoms with van der Waals surface area (Å²) in [4.78, 5) is 14.4. The minimum absolute atomic E-state index is 0.151. The van der Waals surface area contributed by atoms with Gasteiger partial charge in [0.25, 0.3) is 0 Å². The third-order valence-electron chi connectivity index (χ3n) is 3.86. The molecule has 0 aliphatic carbocycles. The van der Waals surface area contributed by atoms with Gasteiger partial charge in [0.15, 0.2) is 0 Å². The van der Waals surface area contributed by atoms with E-state index in [1.54, 1.807) is 7.11 Å². The smallest absolute Gasteiger partial charge is 0.231 e. The molecule has 4 heteroatoms. The first kappa shape index (κ1) is 11.5. The Kier molecular flexibility index (Phi) is 2.96. The molecule has 0 bridgehead atoms. The zero-order chi connectivity index (χ0) is 12.5. The second-order valence-electron chi connectivity index (χ2n) is 4.92. The standard InChI is InChI=1S/C14H18N2O2/c1-18-12-2-3-13-10(8-12)5-7-16(13)14(17)11-4-6-15-9-11/h2-3,8,11,15H,4-7,9H2,1H3. The molecule has 3 rings (SSSR count). The van der Waals surface area contributed by atoms with Crippen molar-refractivity contribution in [3.63, 3.8) is 0 Å². The number of rotatable bonds is 2. The van der Waals surface area contributed by atoms with Crippen LogP contribution in [0.4, 0.5) is 5.69 Å². The molecule has 1 amide bonds. The van der Waals surface area contributed by atoms with Crippen molar-refractivity contribution in [1.29, 1.82) is 0 Å². The predicted octanol–water partition coefficient (Wildman–Crippen LogP) is 1.19. The van der Waals surface area contributed by atoms with Crippen LogP contribution in [0.25, 0.3) is 0 Å². The predicted molar refractivity (Wildman–Crippen MR) is 70.0 cm³/mol. The summed E-state index contributed by atoms with van der Waals surface area (Å²) >= 11 is 0. The van der Waals surface area contributed by atoms with Crippen LogP contribution < -0.4 is 15.0 Å². The van der Waals surface area contributed by atoms with Crippen LogP contribution in [0, 0.1) is 5.92 Å². The fourth-order valence-electron chi connectivity index (χ4n) is 2.82. The number of anilines is 1. The molecule has 2 heterocycles. The maximum Gasteiger partial charge on any atom is 0.231 e. The van der Waals surface area contributed by atoms with Gasteiger partial charge in [0, 0.05) is 18.8 Å². The Morgan fingerprint density at radius 1 is 1.50 bits per heavy atom. The van der Waals surface area contributed by atoms with Gasteiger partial charge < -0.3 is 15.0 Å². The van der Waals surface area contributed by atoms with E-state index in [0.717, 1.165) is 43.9 Å². The van der Waals surface area contributed by atoms with Crippen molar-refractivity contribution >= 4 is 11.6 Å². The van der Waals surface area contributed by atoms with E-state index >= 15 is 0 Å². The third-order valence-corrected chi connectivity index (χ3v) is 3.86. The van der Waals surface area contributed by atoms with Crippen molar-refractivity contribution in [1.82, 2.24) is 5.32 Å². The van der Waals surface area contributed by atoms with Gasteiger partial charge in [-0.3, -0.25) is 4.79 Å². The molecule has 1 aromatic rings. The van der Waals surface area contributed by atoms with Crippen LogP contribution in [-0.2, 0) is 11.2 Å². The average Bonchev–Trinajstić information content (AvgIpc) is 3.06. The second-order valence-corrected chi connectivity index (χ2v) is 4.92. The van der Waals surface area contributed by atoms with Crippen molar-refractivity contribution in [3.8, 4) is 5.75 Å². The number of ether oxygens (including phenoxy) is 1. The Balaban J connectivity index is 1.83. The summed E-state index contributed by atoms with van der Waals surface area (Å²) in [5.74, 6) is 1.28. The van der Waals surface area contributed by atoms with E-state index in [1.807, 2.05) is 23.1 Å². The molecule has 2 aliphatic rings. The summed E-state index contributed by atoms with van der Waals surface area (Å²) in [5, 5.41) is 3.25. The molecule has 18 heavy (non-hydrogen) atoms. The van der Waals surface area contributed by atoms with E-state index in [2.05, 4.69) is 5.32 Å². The summed E-state index contributed by atoms with van der Waals surface area (Å²) in [6.45, 7) is 2.58. The molecule has 1 atom stereocenters. The van der Waals surface area contributed by atoms with E-state index in [-0.39, 0.29) is 11.8 Å². The fraction of sp³-hybridized carbons (Fsp3) is 0.500. The number of benzene rings is 1. The van der Waals surface area contributed by atoms with Gasteiger partial charge in [-0.25, -0.2) is 0 Å². The van der Waals surface area contributed by atoms with Gasteiger partial charge >= 0.3 is 0 Å². The number of carbonyl (C=O) groups excluding carboxylic acids is 1. The van der Waals surface area contributed by atoms with E-state index in [9.17, 15) is 4.79 Å². The van der Waals surface area contributed by atoms with E-state index < -0.39 is 0 Å². The van der Waals surface area contributed by atoms with E-state index in [1.165, 1.54) is 5.56 Å². The van der Waals surface area contributed by atoms with Crippen LogP contribution in [0.5, 0.6) is 5.75 Å². The molecule has 2 aliphatic heterocycles. The minimum atomic E-state index is 0.151. The fourth-order valence-corrected chi connectivity index (χ4v) is 2.82. The van der Waals surface area contributed by atoms with Crippen LogP contribution >= 0.6 is 0 Å². The zero-order valence-corrected chi connectivity index (χ0v) is 10.6. The number of nitrogens with one attached hydrogen (secondary N) is 1. The van der Waals surface area contributed by atoms with Gasteiger partial charge in [-0.2, -0.15) is 0 Å². The van der Waals surface area contributed by atoms with Crippen molar-refractivity contribution in [2.75, 3.05) is 31.6 Å². The summed E-state index contributed by atoms with van der Waals surface area (Å²) in [5.41, 5.74) is 2.28. The summed E-state index contributed by atoms with van der Waals surface area (Å²) in [6, 6.07) is 5.97. The molecular weight excluding hydrogens is 228 g/mol. The quantitative estimate of drug-likeness (QED) is 0.852. The number of hydrogen-bond donors (Lipinski definition) is 1. The van der Waals surface area contributed by atoms with Crippen LogP contribution in [0.15, 0.2) is 18.2 Å². The number of amides is 1. The summed E-state index contributed by atoms with van der Waals surface area (Å²) in [6.07, 6.45) is 1.89. The molecule has 1 saturated heterocycles. The molecule has 0 saturated carbocycles. The van der Waals surface area contributed by atoms with Gasteiger partial charge in [-0.05, 0) is 43.1 Å². The normalized spacial score (nSPS) is 22.1. The Bertz CT molecular complexity index is 467. The number of methoxy groups -OCH3 is 1.